The molecular weight excluding hydrogens is 412 g/mol. The average Bonchev–Trinajstić information content (AvgIpc) is 3.35. The lowest BCUT2D eigenvalue weighted by atomic mass is 10.2. The molecule has 5 rings (SSSR count). The number of rotatable bonds is 5. The zero-order valence-corrected chi connectivity index (χ0v) is 19.3. The summed E-state index contributed by atoms with van der Waals surface area (Å²) >= 11 is 0. The van der Waals surface area contributed by atoms with E-state index in [1.807, 2.05) is 23.4 Å². The van der Waals surface area contributed by atoms with E-state index in [0.29, 0.717) is 6.54 Å². The third-order valence-corrected chi connectivity index (χ3v) is 6.70. The van der Waals surface area contributed by atoms with Gasteiger partial charge in [-0.2, -0.15) is 0 Å². The van der Waals surface area contributed by atoms with Crippen LogP contribution in [0, 0.1) is 6.92 Å². The number of imidazole rings is 1. The van der Waals surface area contributed by atoms with E-state index in [-0.39, 0.29) is 5.91 Å². The second-order valence-corrected chi connectivity index (χ2v) is 8.90. The van der Waals surface area contributed by atoms with Crippen molar-refractivity contribution in [3.8, 4) is 5.69 Å². The number of piperazine rings is 2. The van der Waals surface area contributed by atoms with Gasteiger partial charge in [-0.3, -0.25) is 14.3 Å². The van der Waals surface area contributed by atoms with Crippen LogP contribution in [0.25, 0.3) is 5.69 Å². The summed E-state index contributed by atoms with van der Waals surface area (Å²) in [6.45, 7) is 9.47. The Balaban J connectivity index is 1.12. The Kier molecular flexibility index (Phi) is 6.30. The van der Waals surface area contributed by atoms with Crippen molar-refractivity contribution in [3.05, 3.63) is 72.6 Å². The number of aryl methyl sites for hydroxylation is 1. The molecule has 0 aliphatic carbocycles. The fourth-order valence-electron chi connectivity index (χ4n) is 4.69. The summed E-state index contributed by atoms with van der Waals surface area (Å²) in [6, 6.07) is 19.0. The number of amides is 1. The summed E-state index contributed by atoms with van der Waals surface area (Å²) in [7, 11) is 0. The number of carbonyl (C=O) groups excluding carboxylic acids is 1. The van der Waals surface area contributed by atoms with E-state index in [2.05, 4.69) is 79.7 Å². The molecule has 0 N–H and O–H groups in total. The molecule has 0 atom stereocenters. The molecule has 0 unspecified atom stereocenters. The lowest BCUT2D eigenvalue weighted by Crippen LogP contribution is -2.54. The standard InChI is InChI=1S/C26H32N6O/c1-22-7-9-24(10-8-22)32-12-11-27-26(32)31-15-13-28(14-16-31)21-25(33)30-19-17-29(18-20-30)23-5-3-2-4-6-23/h2-12H,13-21H2,1H3. The van der Waals surface area contributed by atoms with Crippen molar-refractivity contribution in [1.29, 1.82) is 0 Å². The van der Waals surface area contributed by atoms with E-state index >= 15 is 0 Å². The fourth-order valence-corrected chi connectivity index (χ4v) is 4.69. The number of aromatic nitrogens is 2. The van der Waals surface area contributed by atoms with Crippen molar-refractivity contribution in [2.75, 3.05) is 68.7 Å². The third kappa shape index (κ3) is 4.88. The molecule has 0 saturated carbocycles. The molecule has 33 heavy (non-hydrogen) atoms. The summed E-state index contributed by atoms with van der Waals surface area (Å²) in [5.41, 5.74) is 3.62. The van der Waals surface area contributed by atoms with Gasteiger partial charge in [-0.25, -0.2) is 4.98 Å². The second kappa shape index (κ2) is 9.67. The van der Waals surface area contributed by atoms with Gasteiger partial charge in [0.25, 0.3) is 0 Å². The summed E-state index contributed by atoms with van der Waals surface area (Å²) in [6.07, 6.45) is 3.88. The maximum Gasteiger partial charge on any atom is 0.236 e. The van der Waals surface area contributed by atoms with Crippen molar-refractivity contribution in [2.45, 2.75) is 6.92 Å². The van der Waals surface area contributed by atoms with Gasteiger partial charge in [0, 0.05) is 76.1 Å². The molecule has 7 heteroatoms. The molecule has 1 aromatic heterocycles. The van der Waals surface area contributed by atoms with E-state index < -0.39 is 0 Å². The normalized spacial score (nSPS) is 17.4. The van der Waals surface area contributed by atoms with Crippen LogP contribution in [0.4, 0.5) is 11.6 Å². The Hall–Kier alpha value is -3.32. The minimum absolute atomic E-state index is 0.248. The third-order valence-electron chi connectivity index (χ3n) is 6.70. The van der Waals surface area contributed by atoms with E-state index in [4.69, 9.17) is 0 Å². The van der Waals surface area contributed by atoms with Gasteiger partial charge in [0.2, 0.25) is 11.9 Å². The smallest absolute Gasteiger partial charge is 0.236 e. The quantitative estimate of drug-likeness (QED) is 0.606. The van der Waals surface area contributed by atoms with Crippen LogP contribution < -0.4 is 9.80 Å². The highest BCUT2D eigenvalue weighted by Gasteiger charge is 2.26. The molecule has 2 aromatic carbocycles. The van der Waals surface area contributed by atoms with Gasteiger partial charge in [-0.1, -0.05) is 35.9 Å². The SMILES string of the molecule is Cc1ccc(-n2ccnc2N2CCN(CC(=O)N3CCN(c4ccccc4)CC3)CC2)cc1. The molecule has 0 spiro atoms. The first kappa shape index (κ1) is 21.5. The van der Waals surface area contributed by atoms with Gasteiger partial charge in [-0.05, 0) is 31.2 Å². The molecule has 7 nitrogen and oxygen atoms in total. The molecule has 2 aliphatic heterocycles. The zero-order chi connectivity index (χ0) is 22.6. The minimum atomic E-state index is 0.248. The minimum Gasteiger partial charge on any atom is -0.368 e. The molecule has 3 aromatic rings. The molecule has 2 aliphatic rings. The number of para-hydroxylation sites is 1. The van der Waals surface area contributed by atoms with Gasteiger partial charge < -0.3 is 14.7 Å². The fraction of sp³-hybridized carbons (Fsp3) is 0.385. The van der Waals surface area contributed by atoms with Gasteiger partial charge in [0.05, 0.1) is 6.54 Å². The molecule has 172 valence electrons. The van der Waals surface area contributed by atoms with Crippen LogP contribution in [0.5, 0.6) is 0 Å². The van der Waals surface area contributed by atoms with Crippen molar-refractivity contribution < 1.29 is 4.79 Å². The van der Waals surface area contributed by atoms with E-state index in [1.54, 1.807) is 0 Å². The first-order valence-electron chi connectivity index (χ1n) is 11.8. The number of hydrogen-bond acceptors (Lipinski definition) is 5. The lowest BCUT2D eigenvalue weighted by molar-refractivity contribution is -0.132. The molecule has 2 saturated heterocycles. The monoisotopic (exact) mass is 444 g/mol. The van der Waals surface area contributed by atoms with Crippen molar-refractivity contribution in [3.63, 3.8) is 0 Å². The van der Waals surface area contributed by atoms with Gasteiger partial charge in [0.15, 0.2) is 0 Å². The van der Waals surface area contributed by atoms with Crippen molar-refractivity contribution in [2.24, 2.45) is 0 Å². The average molecular weight is 445 g/mol. The van der Waals surface area contributed by atoms with Crippen LogP contribution in [-0.2, 0) is 4.79 Å². The van der Waals surface area contributed by atoms with E-state index in [1.165, 1.54) is 11.3 Å². The highest BCUT2D eigenvalue weighted by Crippen LogP contribution is 2.20. The molecule has 1 amide bonds. The van der Waals surface area contributed by atoms with Crippen LogP contribution in [0.1, 0.15) is 5.56 Å². The second-order valence-electron chi connectivity index (χ2n) is 8.90. The van der Waals surface area contributed by atoms with Crippen molar-refractivity contribution >= 4 is 17.5 Å². The molecule has 2 fully saturated rings. The molecular formula is C26H32N6O. The Labute approximate surface area is 195 Å². The van der Waals surface area contributed by atoms with E-state index in [0.717, 1.165) is 64.0 Å². The maximum atomic E-state index is 12.9. The largest absolute Gasteiger partial charge is 0.368 e. The Morgan fingerprint density at radius 1 is 0.788 bits per heavy atom. The number of nitrogens with zero attached hydrogens (tertiary/aromatic N) is 6. The highest BCUT2D eigenvalue weighted by atomic mass is 16.2. The van der Waals surface area contributed by atoms with Crippen LogP contribution in [0.2, 0.25) is 0 Å². The van der Waals surface area contributed by atoms with Crippen LogP contribution in [-0.4, -0.2) is 84.2 Å². The Bertz CT molecular complexity index is 1050. The van der Waals surface area contributed by atoms with Gasteiger partial charge >= 0.3 is 0 Å². The van der Waals surface area contributed by atoms with Crippen molar-refractivity contribution in [1.82, 2.24) is 19.4 Å². The van der Waals surface area contributed by atoms with Crippen LogP contribution in [0.3, 0.4) is 0 Å². The van der Waals surface area contributed by atoms with Crippen LogP contribution in [0.15, 0.2) is 67.0 Å². The Morgan fingerprint density at radius 2 is 1.45 bits per heavy atom. The maximum absolute atomic E-state index is 12.9. The number of hydrogen-bond donors (Lipinski definition) is 0. The first-order chi connectivity index (χ1) is 16.2. The predicted molar refractivity (Wildman–Crippen MR) is 132 cm³/mol. The highest BCUT2D eigenvalue weighted by molar-refractivity contribution is 5.78. The van der Waals surface area contributed by atoms with E-state index in [9.17, 15) is 4.79 Å². The number of benzene rings is 2. The Morgan fingerprint density at radius 3 is 2.15 bits per heavy atom. The van der Waals surface area contributed by atoms with Gasteiger partial charge in [-0.15, -0.1) is 0 Å². The number of anilines is 2. The van der Waals surface area contributed by atoms with Crippen LogP contribution >= 0.6 is 0 Å². The predicted octanol–water partition coefficient (Wildman–Crippen LogP) is 2.65. The summed E-state index contributed by atoms with van der Waals surface area (Å²) in [4.78, 5) is 26.5. The molecule has 0 bridgehead atoms. The first-order valence-corrected chi connectivity index (χ1v) is 11.8. The number of carbonyl (C=O) groups is 1. The molecule has 3 heterocycles. The summed E-state index contributed by atoms with van der Waals surface area (Å²) < 4.78 is 2.15. The zero-order valence-electron chi connectivity index (χ0n) is 19.3. The molecule has 0 radical (unpaired) electrons. The summed E-state index contributed by atoms with van der Waals surface area (Å²) in [5.74, 6) is 1.22. The van der Waals surface area contributed by atoms with Gasteiger partial charge in [0.1, 0.15) is 0 Å². The summed E-state index contributed by atoms with van der Waals surface area (Å²) in [5, 5.41) is 0. The lowest BCUT2D eigenvalue weighted by Gasteiger charge is -2.39. The topological polar surface area (TPSA) is 47.9 Å².